The molecule has 1 N–H and O–H groups in total. The van der Waals surface area contributed by atoms with Crippen LogP contribution in [0.3, 0.4) is 0 Å². The average molecular weight is 268 g/mol. The first-order chi connectivity index (χ1) is 8.58. The highest BCUT2D eigenvalue weighted by molar-refractivity contribution is 6.52. The van der Waals surface area contributed by atoms with E-state index in [9.17, 15) is 14.7 Å². The highest BCUT2D eigenvalue weighted by atomic mass is 35.5. The summed E-state index contributed by atoms with van der Waals surface area (Å²) in [6, 6.07) is 5.37. The van der Waals surface area contributed by atoms with Crippen LogP contribution in [0.25, 0.3) is 0 Å². The Bertz CT molecular complexity index is 501. The molecule has 0 bridgehead atoms. The second kappa shape index (κ2) is 5.08. The molecule has 1 aromatic rings. The van der Waals surface area contributed by atoms with Gasteiger partial charge in [0.25, 0.3) is 11.7 Å². The molecular weight excluding hydrogens is 254 g/mol. The van der Waals surface area contributed by atoms with E-state index in [1.807, 2.05) is 13.0 Å². The Hall–Kier alpha value is -1.39. The number of hydrogen-bond donors (Lipinski definition) is 1. The number of hydrogen-bond acceptors (Lipinski definition) is 3. The van der Waals surface area contributed by atoms with E-state index in [1.165, 1.54) is 4.90 Å². The molecule has 0 saturated carbocycles. The number of nitrogens with zero attached hydrogens (tertiary/aromatic N) is 1. The summed E-state index contributed by atoms with van der Waals surface area (Å²) in [5, 5.41) is 9.51. The van der Waals surface area contributed by atoms with Gasteiger partial charge in [-0.25, -0.2) is 0 Å². The molecule has 0 aromatic heterocycles. The van der Waals surface area contributed by atoms with Gasteiger partial charge in [0, 0.05) is 0 Å². The van der Waals surface area contributed by atoms with E-state index in [0.717, 1.165) is 12.0 Å². The molecule has 1 aliphatic rings. The number of carbonyl (C=O) groups is 2. The Labute approximate surface area is 110 Å². The molecule has 0 saturated heterocycles. The lowest BCUT2D eigenvalue weighted by atomic mass is 10.1. The van der Waals surface area contributed by atoms with Crippen LogP contribution in [0.2, 0.25) is 0 Å². The predicted octanol–water partition coefficient (Wildman–Crippen LogP) is 1.38. The number of amides is 1. The fourth-order valence-corrected chi connectivity index (χ4v) is 2.11. The van der Waals surface area contributed by atoms with Crippen molar-refractivity contribution < 1.29 is 14.7 Å². The minimum Gasteiger partial charge on any atom is -0.390 e. The van der Waals surface area contributed by atoms with E-state index in [4.69, 9.17) is 11.6 Å². The van der Waals surface area contributed by atoms with E-state index in [2.05, 4.69) is 0 Å². The van der Waals surface area contributed by atoms with Crippen molar-refractivity contribution in [3.8, 4) is 0 Å². The Balaban J connectivity index is 2.37. The molecule has 4 nitrogen and oxygen atoms in total. The quantitative estimate of drug-likeness (QED) is 0.662. The zero-order chi connectivity index (χ0) is 13.3. The number of fused-ring (bicyclic) bond motifs is 1. The first-order valence-corrected chi connectivity index (χ1v) is 6.35. The smallest absolute Gasteiger partial charge is 0.299 e. The summed E-state index contributed by atoms with van der Waals surface area (Å²) >= 11 is 5.52. The molecule has 1 unspecified atom stereocenters. The fourth-order valence-electron chi connectivity index (χ4n) is 2.01. The molecule has 5 heteroatoms. The number of aliphatic hydroxyl groups excluding tert-OH is 1. The number of halogens is 1. The van der Waals surface area contributed by atoms with Crippen LogP contribution in [0.4, 0.5) is 5.69 Å². The third kappa shape index (κ3) is 2.13. The lowest BCUT2D eigenvalue weighted by Crippen LogP contribution is -2.37. The fraction of sp³-hybridized carbons (Fsp3) is 0.385. The molecule has 1 atom stereocenters. The second-order valence-corrected chi connectivity index (χ2v) is 4.57. The number of benzene rings is 1. The van der Waals surface area contributed by atoms with Crippen molar-refractivity contribution >= 4 is 29.0 Å². The van der Waals surface area contributed by atoms with E-state index < -0.39 is 17.8 Å². The molecular formula is C13H14ClNO3. The number of ketones is 1. The maximum atomic E-state index is 11.8. The molecule has 18 heavy (non-hydrogen) atoms. The SMILES string of the molecule is CCc1ccc2c(c1)C(=O)C(=O)N2CC(O)CCl. The molecule has 1 aliphatic heterocycles. The summed E-state index contributed by atoms with van der Waals surface area (Å²) in [7, 11) is 0. The standard InChI is InChI=1S/C13H14ClNO3/c1-2-8-3-4-11-10(5-8)12(17)13(18)15(11)7-9(16)6-14/h3-5,9,16H,2,6-7H2,1H3. The van der Waals surface area contributed by atoms with Crippen molar-refractivity contribution in [3.63, 3.8) is 0 Å². The highest BCUT2D eigenvalue weighted by Crippen LogP contribution is 2.30. The van der Waals surface area contributed by atoms with Gasteiger partial charge in [0.05, 0.1) is 29.8 Å². The van der Waals surface area contributed by atoms with Crippen LogP contribution in [0, 0.1) is 0 Å². The monoisotopic (exact) mass is 267 g/mol. The molecule has 1 heterocycles. The van der Waals surface area contributed by atoms with Gasteiger partial charge in [0.1, 0.15) is 0 Å². The maximum Gasteiger partial charge on any atom is 0.299 e. The number of aliphatic hydroxyl groups is 1. The van der Waals surface area contributed by atoms with Crippen LogP contribution in [-0.4, -0.2) is 35.3 Å². The summed E-state index contributed by atoms with van der Waals surface area (Å²) in [6.45, 7) is 2.03. The van der Waals surface area contributed by atoms with Crippen molar-refractivity contribution in [2.24, 2.45) is 0 Å². The lowest BCUT2D eigenvalue weighted by molar-refractivity contribution is -0.114. The topological polar surface area (TPSA) is 57.6 Å². The molecule has 0 radical (unpaired) electrons. The summed E-state index contributed by atoms with van der Waals surface area (Å²) < 4.78 is 0. The Morgan fingerprint density at radius 1 is 1.39 bits per heavy atom. The van der Waals surface area contributed by atoms with Gasteiger partial charge in [-0.1, -0.05) is 13.0 Å². The van der Waals surface area contributed by atoms with Gasteiger partial charge in [0.15, 0.2) is 0 Å². The number of alkyl halides is 1. The normalized spacial score (nSPS) is 16.1. The van der Waals surface area contributed by atoms with E-state index in [0.29, 0.717) is 11.3 Å². The summed E-state index contributed by atoms with van der Waals surface area (Å²) in [5.74, 6) is -1.08. The van der Waals surface area contributed by atoms with Gasteiger partial charge >= 0.3 is 0 Å². The van der Waals surface area contributed by atoms with Crippen LogP contribution in [0.5, 0.6) is 0 Å². The first-order valence-electron chi connectivity index (χ1n) is 5.81. The van der Waals surface area contributed by atoms with Crippen LogP contribution < -0.4 is 4.90 Å². The van der Waals surface area contributed by atoms with Gasteiger partial charge in [-0.05, 0) is 24.1 Å². The molecule has 96 valence electrons. The molecule has 2 rings (SSSR count). The summed E-state index contributed by atoms with van der Waals surface area (Å²) in [6.07, 6.45) is -0.0285. The third-order valence-corrected chi connectivity index (χ3v) is 3.37. The number of anilines is 1. The molecule has 0 aliphatic carbocycles. The molecule has 1 amide bonds. The van der Waals surface area contributed by atoms with Crippen molar-refractivity contribution in [2.45, 2.75) is 19.4 Å². The van der Waals surface area contributed by atoms with Gasteiger partial charge in [-0.15, -0.1) is 11.6 Å². The Morgan fingerprint density at radius 2 is 2.11 bits per heavy atom. The lowest BCUT2D eigenvalue weighted by Gasteiger charge is -2.19. The van der Waals surface area contributed by atoms with Crippen LogP contribution in [0.15, 0.2) is 18.2 Å². The zero-order valence-electron chi connectivity index (χ0n) is 10.0. The molecule has 0 spiro atoms. The second-order valence-electron chi connectivity index (χ2n) is 4.26. The minimum absolute atomic E-state index is 0.0281. The van der Waals surface area contributed by atoms with Gasteiger partial charge in [-0.3, -0.25) is 9.59 Å². The predicted molar refractivity (Wildman–Crippen MR) is 69.2 cm³/mol. The Kier molecular flexibility index (Phi) is 3.68. The average Bonchev–Trinajstić information content (AvgIpc) is 2.63. The number of carbonyl (C=O) groups excluding carboxylic acids is 2. The third-order valence-electron chi connectivity index (χ3n) is 3.02. The van der Waals surface area contributed by atoms with Crippen molar-refractivity contribution in [2.75, 3.05) is 17.3 Å². The number of Topliss-reactive ketones (excluding diaryl/α,β-unsaturated/α-hetero) is 1. The molecule has 1 aromatic carbocycles. The highest BCUT2D eigenvalue weighted by Gasteiger charge is 2.36. The van der Waals surface area contributed by atoms with Gasteiger partial charge < -0.3 is 10.0 Å². The minimum atomic E-state index is -0.833. The van der Waals surface area contributed by atoms with Crippen LogP contribution >= 0.6 is 11.6 Å². The summed E-state index contributed by atoms with van der Waals surface area (Å²) in [5.41, 5.74) is 1.99. The van der Waals surface area contributed by atoms with E-state index in [-0.39, 0.29) is 12.4 Å². The van der Waals surface area contributed by atoms with Crippen LogP contribution in [-0.2, 0) is 11.2 Å². The van der Waals surface area contributed by atoms with Crippen molar-refractivity contribution in [3.05, 3.63) is 29.3 Å². The van der Waals surface area contributed by atoms with Crippen LogP contribution in [0.1, 0.15) is 22.8 Å². The van der Waals surface area contributed by atoms with E-state index >= 15 is 0 Å². The largest absolute Gasteiger partial charge is 0.390 e. The number of aryl methyl sites for hydroxylation is 1. The van der Waals surface area contributed by atoms with E-state index in [1.54, 1.807) is 12.1 Å². The number of rotatable bonds is 4. The van der Waals surface area contributed by atoms with Gasteiger partial charge in [0.2, 0.25) is 0 Å². The Morgan fingerprint density at radius 3 is 2.72 bits per heavy atom. The molecule has 0 fully saturated rings. The van der Waals surface area contributed by atoms with Crippen molar-refractivity contribution in [1.82, 2.24) is 0 Å². The maximum absolute atomic E-state index is 11.8. The zero-order valence-corrected chi connectivity index (χ0v) is 10.8. The number of β-amino-alcohol motifs (C(OH)–C–C–N with tert-alkyl or cyclic N) is 1. The summed E-state index contributed by atoms with van der Waals surface area (Å²) in [4.78, 5) is 25.0. The van der Waals surface area contributed by atoms with Gasteiger partial charge in [-0.2, -0.15) is 0 Å². The first kappa shape index (κ1) is 13.1. The van der Waals surface area contributed by atoms with Crippen molar-refractivity contribution in [1.29, 1.82) is 0 Å².